The smallest absolute Gasteiger partial charge is 0.279 e. The maximum atomic E-state index is 13.0. The molecule has 2 aromatic heterocycles. The van der Waals surface area contributed by atoms with Crippen LogP contribution in [0.3, 0.4) is 0 Å². The Morgan fingerprint density at radius 3 is 2.81 bits per heavy atom. The number of halogens is 1. The van der Waals surface area contributed by atoms with E-state index >= 15 is 0 Å². The molecular weight excluding hydrogens is 386 g/mol. The Hall–Kier alpha value is -2.09. The maximum Gasteiger partial charge on any atom is 0.279 e. The average Bonchev–Trinajstić information content (AvgIpc) is 3.02. The minimum atomic E-state index is -0.291. The van der Waals surface area contributed by atoms with Gasteiger partial charge in [0, 0.05) is 21.9 Å². The molecule has 0 N–H and O–H groups in total. The minimum absolute atomic E-state index is 0.157. The average molecular weight is 404 g/mol. The van der Waals surface area contributed by atoms with Gasteiger partial charge < -0.3 is 4.74 Å². The monoisotopic (exact) mass is 403 g/mol. The second kappa shape index (κ2) is 6.82. The Morgan fingerprint density at radius 2 is 2.11 bits per heavy atom. The predicted molar refractivity (Wildman–Crippen MR) is 105 cm³/mol. The molecule has 140 valence electrons. The van der Waals surface area contributed by atoms with Gasteiger partial charge in [0.05, 0.1) is 17.6 Å². The molecule has 6 nitrogen and oxygen atoms in total. The summed E-state index contributed by atoms with van der Waals surface area (Å²) in [7, 11) is 0. The summed E-state index contributed by atoms with van der Waals surface area (Å²) < 4.78 is 7.11. The summed E-state index contributed by atoms with van der Waals surface area (Å²) in [4.78, 5) is 27.2. The lowest BCUT2D eigenvalue weighted by molar-refractivity contribution is -0.0543. The van der Waals surface area contributed by atoms with Crippen molar-refractivity contribution in [3.63, 3.8) is 0 Å². The largest absolute Gasteiger partial charge is 0.369 e. The van der Waals surface area contributed by atoms with E-state index in [-0.39, 0.29) is 23.5 Å². The van der Waals surface area contributed by atoms with Crippen LogP contribution in [0.2, 0.25) is 5.02 Å². The number of fused-ring (bicyclic) bond motifs is 3. The fourth-order valence-electron chi connectivity index (χ4n) is 3.21. The van der Waals surface area contributed by atoms with Crippen LogP contribution in [0.1, 0.15) is 41.1 Å². The Morgan fingerprint density at radius 1 is 1.37 bits per heavy atom. The molecule has 0 bridgehead atoms. The first kappa shape index (κ1) is 18.3. The van der Waals surface area contributed by atoms with Crippen LogP contribution >= 0.6 is 22.9 Å². The van der Waals surface area contributed by atoms with Crippen molar-refractivity contribution in [2.24, 2.45) is 0 Å². The van der Waals surface area contributed by atoms with E-state index in [0.717, 1.165) is 21.5 Å². The number of carbonyl (C=O) groups is 1. The van der Waals surface area contributed by atoms with Crippen LogP contribution in [0.15, 0.2) is 29.1 Å². The molecule has 1 atom stereocenters. The number of thiophene rings is 1. The lowest BCUT2D eigenvalue weighted by atomic mass is 9.90. The van der Waals surface area contributed by atoms with E-state index in [1.165, 1.54) is 11.3 Å². The molecule has 0 amide bonds. The zero-order chi connectivity index (χ0) is 19.2. The molecular formula is C19H18ClN3O3S. The van der Waals surface area contributed by atoms with Crippen LogP contribution in [0.25, 0.3) is 10.2 Å². The van der Waals surface area contributed by atoms with Crippen LogP contribution in [-0.2, 0) is 24.3 Å². The van der Waals surface area contributed by atoms with Gasteiger partial charge >= 0.3 is 0 Å². The SMILES string of the molecule is CC[C@@]1(C)Cc2c(sc3nnn(CC(=O)c4ccc(Cl)cc4)c(=O)c23)CO1. The highest BCUT2D eigenvalue weighted by Gasteiger charge is 2.33. The highest BCUT2D eigenvalue weighted by molar-refractivity contribution is 7.18. The number of ether oxygens (including phenoxy) is 1. The van der Waals surface area contributed by atoms with Crippen LogP contribution in [-0.4, -0.2) is 26.4 Å². The quantitative estimate of drug-likeness (QED) is 0.622. The number of aromatic nitrogens is 3. The zero-order valence-electron chi connectivity index (χ0n) is 15.0. The number of benzene rings is 1. The van der Waals surface area contributed by atoms with E-state index in [1.807, 2.05) is 0 Å². The molecule has 0 aliphatic carbocycles. The van der Waals surface area contributed by atoms with Gasteiger partial charge in [-0.25, -0.2) is 4.68 Å². The first-order valence-electron chi connectivity index (χ1n) is 8.71. The first-order valence-corrected chi connectivity index (χ1v) is 9.90. The normalized spacial score (nSPS) is 19.2. The third kappa shape index (κ3) is 3.31. The van der Waals surface area contributed by atoms with Gasteiger partial charge in [-0.05, 0) is 43.2 Å². The third-order valence-corrected chi connectivity index (χ3v) is 6.42. The van der Waals surface area contributed by atoms with Gasteiger partial charge in [0.15, 0.2) is 10.6 Å². The van der Waals surface area contributed by atoms with Crippen LogP contribution < -0.4 is 5.56 Å². The number of ketones is 1. The Balaban J connectivity index is 1.72. The molecule has 3 heterocycles. The van der Waals surface area contributed by atoms with E-state index < -0.39 is 0 Å². The van der Waals surface area contributed by atoms with Crippen LogP contribution in [0.4, 0.5) is 0 Å². The summed E-state index contributed by atoms with van der Waals surface area (Å²) in [5.74, 6) is -0.215. The molecule has 0 spiro atoms. The summed E-state index contributed by atoms with van der Waals surface area (Å²) in [6, 6.07) is 6.57. The molecule has 0 fully saturated rings. The number of nitrogens with zero attached hydrogens (tertiary/aromatic N) is 3. The van der Waals surface area contributed by atoms with Gasteiger partial charge in [-0.3, -0.25) is 9.59 Å². The highest BCUT2D eigenvalue weighted by atomic mass is 35.5. The van der Waals surface area contributed by atoms with Crippen molar-refractivity contribution < 1.29 is 9.53 Å². The fraction of sp³-hybridized carbons (Fsp3) is 0.368. The number of carbonyl (C=O) groups excluding carboxylic acids is 1. The van der Waals surface area contributed by atoms with Gasteiger partial charge in [0.2, 0.25) is 0 Å². The van der Waals surface area contributed by atoms with E-state index in [0.29, 0.717) is 33.8 Å². The van der Waals surface area contributed by atoms with Crippen LogP contribution in [0.5, 0.6) is 0 Å². The molecule has 27 heavy (non-hydrogen) atoms. The number of hydrogen-bond donors (Lipinski definition) is 0. The lowest BCUT2D eigenvalue weighted by Gasteiger charge is -2.32. The van der Waals surface area contributed by atoms with E-state index in [1.54, 1.807) is 24.3 Å². The van der Waals surface area contributed by atoms with Crippen LogP contribution in [0, 0.1) is 0 Å². The van der Waals surface area contributed by atoms with E-state index in [2.05, 4.69) is 24.2 Å². The molecule has 8 heteroatoms. The number of hydrogen-bond acceptors (Lipinski definition) is 6. The molecule has 0 unspecified atom stereocenters. The number of rotatable bonds is 4. The fourth-order valence-corrected chi connectivity index (χ4v) is 4.38. The summed E-state index contributed by atoms with van der Waals surface area (Å²) in [6.07, 6.45) is 1.51. The van der Waals surface area contributed by atoms with Crippen molar-refractivity contribution in [2.75, 3.05) is 0 Å². The summed E-state index contributed by atoms with van der Waals surface area (Å²) >= 11 is 7.30. The molecule has 0 saturated heterocycles. The van der Waals surface area contributed by atoms with Gasteiger partial charge in [-0.1, -0.05) is 23.7 Å². The first-order chi connectivity index (χ1) is 12.9. The third-order valence-electron chi connectivity index (χ3n) is 5.07. The maximum absolute atomic E-state index is 13.0. The lowest BCUT2D eigenvalue weighted by Crippen LogP contribution is -2.35. The van der Waals surface area contributed by atoms with Gasteiger partial charge in [-0.2, -0.15) is 0 Å². The van der Waals surface area contributed by atoms with Crippen molar-refractivity contribution >= 4 is 38.9 Å². The second-order valence-electron chi connectivity index (χ2n) is 6.94. The van der Waals surface area contributed by atoms with Crippen molar-refractivity contribution in [3.05, 3.63) is 55.6 Å². The Kier molecular flexibility index (Phi) is 4.61. The second-order valence-corrected chi connectivity index (χ2v) is 8.46. The highest BCUT2D eigenvalue weighted by Crippen LogP contribution is 2.37. The minimum Gasteiger partial charge on any atom is -0.369 e. The van der Waals surface area contributed by atoms with E-state index in [9.17, 15) is 9.59 Å². The summed E-state index contributed by atoms with van der Waals surface area (Å²) in [6.45, 7) is 4.44. The predicted octanol–water partition coefficient (Wildman–Crippen LogP) is 3.63. The standard InChI is InChI=1S/C19H18ClN3O3S/c1-3-19(2)8-13-15(10-26-19)27-17-16(13)18(25)23(22-21-17)9-14(24)11-4-6-12(20)7-5-11/h4-7H,3,8-10H2,1-2H3/t19-/m0/s1. The van der Waals surface area contributed by atoms with Crippen molar-refractivity contribution in [1.29, 1.82) is 0 Å². The molecule has 1 aliphatic rings. The van der Waals surface area contributed by atoms with E-state index in [4.69, 9.17) is 16.3 Å². The molecule has 0 saturated carbocycles. The number of Topliss-reactive ketones (excluding diaryl/α,β-unsaturated/α-hetero) is 1. The van der Waals surface area contributed by atoms with Gasteiger partial charge in [0.25, 0.3) is 5.56 Å². The zero-order valence-corrected chi connectivity index (χ0v) is 16.6. The molecule has 4 rings (SSSR count). The molecule has 0 radical (unpaired) electrons. The molecule has 3 aromatic rings. The topological polar surface area (TPSA) is 74.1 Å². The van der Waals surface area contributed by atoms with Crippen molar-refractivity contribution in [2.45, 2.75) is 45.4 Å². The van der Waals surface area contributed by atoms with Gasteiger partial charge in [0.1, 0.15) is 6.54 Å². The summed E-state index contributed by atoms with van der Waals surface area (Å²) in [5, 5.41) is 9.27. The Bertz CT molecular complexity index is 1090. The van der Waals surface area contributed by atoms with Crippen molar-refractivity contribution in [1.82, 2.24) is 15.0 Å². The molecule has 1 aliphatic heterocycles. The summed E-state index contributed by atoms with van der Waals surface area (Å²) in [5.41, 5.74) is 0.895. The van der Waals surface area contributed by atoms with Gasteiger partial charge in [-0.15, -0.1) is 16.4 Å². The molecule has 1 aromatic carbocycles. The van der Waals surface area contributed by atoms with Crippen molar-refractivity contribution in [3.8, 4) is 0 Å². The Labute approximate surface area is 164 Å².